The van der Waals surface area contributed by atoms with Crippen LogP contribution in [0.25, 0.3) is 0 Å². The lowest BCUT2D eigenvalue weighted by Gasteiger charge is -2.05. The summed E-state index contributed by atoms with van der Waals surface area (Å²) in [6.45, 7) is 0. The molecule has 0 aromatic heterocycles. The number of nitrogens with two attached hydrogens (primary N) is 1. The molecular weight excluding hydrogens is 318 g/mol. The molecule has 0 amide bonds. The van der Waals surface area contributed by atoms with Crippen molar-refractivity contribution in [1.82, 2.24) is 0 Å². The van der Waals surface area contributed by atoms with Crippen LogP contribution in [0.1, 0.15) is 5.56 Å². The predicted molar refractivity (Wildman–Crippen MR) is 79.6 cm³/mol. The molecule has 2 N–H and O–H groups in total. The number of rotatable bonds is 3. The molecular formula is C13H11BrClNS. The van der Waals surface area contributed by atoms with Crippen molar-refractivity contribution in [2.75, 3.05) is 5.73 Å². The highest BCUT2D eigenvalue weighted by Gasteiger charge is 2.02. The first-order chi connectivity index (χ1) is 8.15. The summed E-state index contributed by atoms with van der Waals surface area (Å²) in [5.41, 5.74) is 7.68. The normalized spacial score (nSPS) is 10.5. The van der Waals surface area contributed by atoms with Crippen molar-refractivity contribution in [1.29, 1.82) is 0 Å². The standard InChI is InChI=1S/C13H11BrClNS/c14-12-7-11(16)4-5-13(12)17-8-9-2-1-3-10(15)6-9/h1-7H,8,16H2. The van der Waals surface area contributed by atoms with Crippen LogP contribution in [0.3, 0.4) is 0 Å². The van der Waals surface area contributed by atoms with E-state index in [1.54, 1.807) is 11.8 Å². The van der Waals surface area contributed by atoms with Gasteiger partial charge in [-0.2, -0.15) is 0 Å². The van der Waals surface area contributed by atoms with Crippen LogP contribution in [0.15, 0.2) is 51.8 Å². The summed E-state index contributed by atoms with van der Waals surface area (Å²) in [5, 5.41) is 0.777. The van der Waals surface area contributed by atoms with Gasteiger partial charge in [-0.05, 0) is 51.8 Å². The van der Waals surface area contributed by atoms with Crippen LogP contribution in [0.4, 0.5) is 5.69 Å². The third-order valence-electron chi connectivity index (χ3n) is 2.24. The Hall–Kier alpha value is -0.640. The van der Waals surface area contributed by atoms with Gasteiger partial charge in [-0.3, -0.25) is 0 Å². The summed E-state index contributed by atoms with van der Waals surface area (Å²) < 4.78 is 1.03. The Balaban J connectivity index is 2.07. The second kappa shape index (κ2) is 5.80. The van der Waals surface area contributed by atoms with Gasteiger partial charge >= 0.3 is 0 Å². The Labute approximate surface area is 118 Å². The Morgan fingerprint density at radius 3 is 2.71 bits per heavy atom. The monoisotopic (exact) mass is 327 g/mol. The molecule has 0 heterocycles. The van der Waals surface area contributed by atoms with E-state index < -0.39 is 0 Å². The molecule has 2 rings (SSSR count). The summed E-state index contributed by atoms with van der Waals surface area (Å²) >= 11 is 11.2. The molecule has 0 radical (unpaired) electrons. The quantitative estimate of drug-likeness (QED) is 0.635. The number of hydrogen-bond donors (Lipinski definition) is 1. The summed E-state index contributed by atoms with van der Waals surface area (Å²) in [4.78, 5) is 1.18. The number of nitrogen functional groups attached to an aromatic ring is 1. The minimum Gasteiger partial charge on any atom is -0.399 e. The highest BCUT2D eigenvalue weighted by molar-refractivity contribution is 9.10. The second-order valence-corrected chi connectivity index (χ2v) is 5.92. The zero-order valence-electron chi connectivity index (χ0n) is 8.99. The first-order valence-corrected chi connectivity index (χ1v) is 7.23. The molecule has 0 bridgehead atoms. The van der Waals surface area contributed by atoms with Gasteiger partial charge in [0.2, 0.25) is 0 Å². The molecule has 0 saturated heterocycles. The molecule has 0 saturated carbocycles. The first kappa shape index (κ1) is 12.8. The summed E-state index contributed by atoms with van der Waals surface area (Å²) in [6, 6.07) is 13.8. The molecule has 0 aliphatic rings. The van der Waals surface area contributed by atoms with E-state index in [-0.39, 0.29) is 0 Å². The van der Waals surface area contributed by atoms with Crippen LogP contribution in [-0.2, 0) is 5.75 Å². The summed E-state index contributed by atoms with van der Waals surface area (Å²) in [6.07, 6.45) is 0. The lowest BCUT2D eigenvalue weighted by molar-refractivity contribution is 1.36. The van der Waals surface area contributed by atoms with Crippen molar-refractivity contribution in [3.05, 3.63) is 57.5 Å². The predicted octanol–water partition coefficient (Wildman–Crippen LogP) is 4.98. The van der Waals surface area contributed by atoms with Gasteiger partial charge < -0.3 is 5.73 Å². The van der Waals surface area contributed by atoms with Crippen LogP contribution in [0.2, 0.25) is 5.02 Å². The Morgan fingerprint density at radius 1 is 1.18 bits per heavy atom. The van der Waals surface area contributed by atoms with Gasteiger partial charge in [0.15, 0.2) is 0 Å². The minimum absolute atomic E-state index is 0.768. The Kier molecular flexibility index (Phi) is 4.37. The fraction of sp³-hybridized carbons (Fsp3) is 0.0769. The van der Waals surface area contributed by atoms with Gasteiger partial charge in [0, 0.05) is 25.8 Å². The fourth-order valence-corrected chi connectivity index (χ4v) is 3.24. The van der Waals surface area contributed by atoms with Crippen molar-refractivity contribution >= 4 is 45.0 Å². The molecule has 0 aliphatic heterocycles. The highest BCUT2D eigenvalue weighted by atomic mass is 79.9. The van der Waals surface area contributed by atoms with Crippen molar-refractivity contribution in [3.8, 4) is 0 Å². The summed E-state index contributed by atoms with van der Waals surface area (Å²) in [5.74, 6) is 0.892. The van der Waals surface area contributed by atoms with Crippen molar-refractivity contribution in [3.63, 3.8) is 0 Å². The second-order valence-electron chi connectivity index (χ2n) is 3.61. The molecule has 0 unspecified atom stereocenters. The molecule has 2 aromatic rings. The number of anilines is 1. The lowest BCUT2D eigenvalue weighted by Crippen LogP contribution is -1.86. The molecule has 17 heavy (non-hydrogen) atoms. The maximum Gasteiger partial charge on any atom is 0.0409 e. The number of benzene rings is 2. The van der Waals surface area contributed by atoms with Crippen LogP contribution >= 0.6 is 39.3 Å². The van der Waals surface area contributed by atoms with E-state index in [4.69, 9.17) is 17.3 Å². The largest absolute Gasteiger partial charge is 0.399 e. The number of halogens is 2. The van der Waals surface area contributed by atoms with Crippen molar-refractivity contribution < 1.29 is 0 Å². The fourth-order valence-electron chi connectivity index (χ4n) is 1.42. The molecule has 0 fully saturated rings. The molecule has 0 atom stereocenters. The third-order valence-corrected chi connectivity index (χ3v) is 4.54. The molecule has 0 spiro atoms. The van der Waals surface area contributed by atoms with E-state index in [1.807, 2.05) is 36.4 Å². The van der Waals surface area contributed by atoms with Crippen molar-refractivity contribution in [2.24, 2.45) is 0 Å². The Morgan fingerprint density at radius 2 is 2.00 bits per heavy atom. The zero-order valence-corrected chi connectivity index (χ0v) is 12.1. The summed E-state index contributed by atoms with van der Waals surface area (Å²) in [7, 11) is 0. The first-order valence-electron chi connectivity index (χ1n) is 5.07. The SMILES string of the molecule is Nc1ccc(SCc2cccc(Cl)c2)c(Br)c1. The smallest absolute Gasteiger partial charge is 0.0409 e. The third kappa shape index (κ3) is 3.66. The van der Waals surface area contributed by atoms with Gasteiger partial charge in [-0.15, -0.1) is 11.8 Å². The minimum atomic E-state index is 0.768. The van der Waals surface area contributed by atoms with Gasteiger partial charge in [-0.25, -0.2) is 0 Å². The molecule has 2 aromatic carbocycles. The van der Waals surface area contributed by atoms with E-state index >= 15 is 0 Å². The van der Waals surface area contributed by atoms with E-state index in [9.17, 15) is 0 Å². The Bertz CT molecular complexity index is 531. The van der Waals surface area contributed by atoms with E-state index in [0.29, 0.717) is 0 Å². The van der Waals surface area contributed by atoms with Gasteiger partial charge in [0.05, 0.1) is 0 Å². The highest BCUT2D eigenvalue weighted by Crippen LogP contribution is 2.31. The van der Waals surface area contributed by atoms with Crippen LogP contribution < -0.4 is 5.73 Å². The van der Waals surface area contributed by atoms with E-state index in [0.717, 1.165) is 20.9 Å². The molecule has 0 aliphatic carbocycles. The topological polar surface area (TPSA) is 26.0 Å². The number of thioether (sulfide) groups is 1. The van der Waals surface area contributed by atoms with Gasteiger partial charge in [0.1, 0.15) is 0 Å². The molecule has 88 valence electrons. The molecule has 1 nitrogen and oxygen atoms in total. The zero-order chi connectivity index (χ0) is 12.3. The lowest BCUT2D eigenvalue weighted by atomic mass is 10.2. The number of hydrogen-bond acceptors (Lipinski definition) is 2. The van der Waals surface area contributed by atoms with E-state index in [1.165, 1.54) is 10.5 Å². The van der Waals surface area contributed by atoms with Crippen molar-refractivity contribution in [2.45, 2.75) is 10.6 Å². The maximum absolute atomic E-state index is 5.94. The van der Waals surface area contributed by atoms with Crippen LogP contribution in [0, 0.1) is 0 Å². The van der Waals surface area contributed by atoms with E-state index in [2.05, 4.69) is 22.0 Å². The van der Waals surface area contributed by atoms with Crippen LogP contribution in [-0.4, -0.2) is 0 Å². The van der Waals surface area contributed by atoms with Gasteiger partial charge in [0.25, 0.3) is 0 Å². The molecule has 4 heteroatoms. The average molecular weight is 329 g/mol. The maximum atomic E-state index is 5.94. The average Bonchev–Trinajstić information content (AvgIpc) is 2.28. The van der Waals surface area contributed by atoms with Crippen LogP contribution in [0.5, 0.6) is 0 Å². The van der Waals surface area contributed by atoms with Gasteiger partial charge in [-0.1, -0.05) is 23.7 Å².